The number of benzene rings is 5. The highest BCUT2D eigenvalue weighted by molar-refractivity contribution is 6.42. The SMILES string of the molecule is Cn1c(-c2ccccc2)nc2c1nc(C=C1C(=O)c3cc4ccccc4cc3C1=O)n2-c1ccc(-c2ccccc2)cc1. The van der Waals surface area contributed by atoms with Gasteiger partial charge in [0.05, 0.1) is 5.57 Å². The minimum Gasteiger partial charge on any atom is -0.310 e. The van der Waals surface area contributed by atoms with Gasteiger partial charge in [-0.2, -0.15) is 0 Å². The van der Waals surface area contributed by atoms with E-state index < -0.39 is 0 Å². The molecule has 1 aliphatic rings. The second-order valence-corrected chi connectivity index (χ2v) is 10.7. The van der Waals surface area contributed by atoms with Crippen LogP contribution in [0.5, 0.6) is 0 Å². The molecule has 0 N–H and O–H groups in total. The first-order chi connectivity index (χ1) is 21.1. The van der Waals surface area contributed by atoms with E-state index in [9.17, 15) is 9.59 Å². The van der Waals surface area contributed by atoms with Gasteiger partial charge in [-0.1, -0.05) is 97.1 Å². The molecule has 7 aromatic rings. The van der Waals surface area contributed by atoms with Gasteiger partial charge in [0.2, 0.25) is 0 Å². The maximum atomic E-state index is 13.6. The molecule has 2 heterocycles. The minimum atomic E-state index is -0.290. The number of nitrogens with zero attached hydrogens (tertiary/aromatic N) is 4. The Morgan fingerprint density at radius 2 is 1.12 bits per heavy atom. The third kappa shape index (κ3) is 3.95. The van der Waals surface area contributed by atoms with Crippen LogP contribution in [0, 0.1) is 0 Å². The highest BCUT2D eigenvalue weighted by Crippen LogP contribution is 2.34. The summed E-state index contributed by atoms with van der Waals surface area (Å²) in [6, 6.07) is 39.6. The monoisotopic (exact) mass is 556 g/mol. The van der Waals surface area contributed by atoms with Crippen LogP contribution < -0.4 is 0 Å². The fourth-order valence-corrected chi connectivity index (χ4v) is 5.92. The highest BCUT2D eigenvalue weighted by Gasteiger charge is 2.34. The molecule has 0 saturated heterocycles. The molecule has 0 saturated carbocycles. The zero-order valence-corrected chi connectivity index (χ0v) is 23.2. The van der Waals surface area contributed by atoms with Crippen LogP contribution in [0.3, 0.4) is 0 Å². The predicted molar refractivity (Wildman–Crippen MR) is 169 cm³/mol. The van der Waals surface area contributed by atoms with E-state index in [1.165, 1.54) is 0 Å². The van der Waals surface area contributed by atoms with Gasteiger partial charge in [0.1, 0.15) is 11.6 Å². The molecule has 0 spiro atoms. The van der Waals surface area contributed by atoms with Crippen molar-refractivity contribution in [2.45, 2.75) is 0 Å². The lowest BCUT2D eigenvalue weighted by atomic mass is 10.0. The predicted octanol–water partition coefficient (Wildman–Crippen LogP) is 7.71. The van der Waals surface area contributed by atoms with Gasteiger partial charge in [0, 0.05) is 29.4 Å². The molecular formula is C37H24N4O2. The fraction of sp³-hybridized carbons (Fsp3) is 0.0270. The first kappa shape index (κ1) is 24.9. The standard InChI is InChI=1S/C37H24N4O2/c1-40-35(25-12-6-3-7-13-25)39-37-36(40)38-32(41(37)28-18-16-24(17-19-28)23-10-4-2-5-11-23)22-31-33(42)29-20-26-14-8-9-15-27(26)21-30(29)34(31)43/h2-22H,1H3. The first-order valence-corrected chi connectivity index (χ1v) is 14.1. The summed E-state index contributed by atoms with van der Waals surface area (Å²) in [5.74, 6) is 0.664. The molecule has 2 aromatic heterocycles. The number of hydrogen-bond acceptors (Lipinski definition) is 4. The molecule has 0 aliphatic heterocycles. The van der Waals surface area contributed by atoms with E-state index in [1.54, 1.807) is 6.08 Å². The van der Waals surface area contributed by atoms with Crippen molar-refractivity contribution in [3.05, 3.63) is 144 Å². The van der Waals surface area contributed by atoms with Crippen LogP contribution in [0.25, 0.3) is 56.3 Å². The number of imidazole rings is 2. The van der Waals surface area contributed by atoms with Crippen LogP contribution in [0.4, 0.5) is 0 Å². The number of allylic oxidation sites excluding steroid dienone is 1. The third-order valence-corrected chi connectivity index (χ3v) is 8.11. The van der Waals surface area contributed by atoms with E-state index in [0.29, 0.717) is 28.2 Å². The van der Waals surface area contributed by atoms with Crippen LogP contribution in [0.1, 0.15) is 26.5 Å². The van der Waals surface area contributed by atoms with E-state index in [2.05, 4.69) is 24.3 Å². The molecule has 0 bridgehead atoms. The normalized spacial score (nSPS) is 12.8. The van der Waals surface area contributed by atoms with Gasteiger partial charge in [-0.25, -0.2) is 9.97 Å². The van der Waals surface area contributed by atoms with E-state index in [4.69, 9.17) is 9.97 Å². The van der Waals surface area contributed by atoms with Gasteiger partial charge < -0.3 is 4.57 Å². The lowest BCUT2D eigenvalue weighted by molar-refractivity contribution is 0.0990. The minimum absolute atomic E-state index is 0.103. The lowest BCUT2D eigenvalue weighted by Crippen LogP contribution is -2.04. The average molecular weight is 557 g/mol. The summed E-state index contributed by atoms with van der Waals surface area (Å²) in [7, 11) is 1.93. The zero-order chi connectivity index (χ0) is 29.1. The van der Waals surface area contributed by atoms with Crippen LogP contribution in [0.2, 0.25) is 0 Å². The van der Waals surface area contributed by atoms with Gasteiger partial charge in [-0.15, -0.1) is 0 Å². The summed E-state index contributed by atoms with van der Waals surface area (Å²) in [5, 5.41) is 1.85. The van der Waals surface area contributed by atoms with Crippen LogP contribution in [-0.4, -0.2) is 30.7 Å². The summed E-state index contributed by atoms with van der Waals surface area (Å²) < 4.78 is 3.87. The topological polar surface area (TPSA) is 69.8 Å². The molecule has 43 heavy (non-hydrogen) atoms. The molecule has 0 atom stereocenters. The summed E-state index contributed by atoms with van der Waals surface area (Å²) >= 11 is 0. The molecule has 1 aliphatic carbocycles. The molecule has 0 radical (unpaired) electrons. The summed E-state index contributed by atoms with van der Waals surface area (Å²) in [5.41, 5.74) is 6.24. The summed E-state index contributed by atoms with van der Waals surface area (Å²) in [4.78, 5) is 37.2. The molecule has 0 amide bonds. The van der Waals surface area contributed by atoms with Crippen LogP contribution >= 0.6 is 0 Å². The van der Waals surface area contributed by atoms with E-state index in [-0.39, 0.29) is 17.1 Å². The van der Waals surface area contributed by atoms with Crippen molar-refractivity contribution >= 4 is 39.7 Å². The van der Waals surface area contributed by atoms with Crippen molar-refractivity contribution in [1.29, 1.82) is 0 Å². The quantitative estimate of drug-likeness (QED) is 0.164. The van der Waals surface area contributed by atoms with Crippen molar-refractivity contribution in [3.8, 4) is 28.2 Å². The van der Waals surface area contributed by atoms with Gasteiger partial charge in [-0.05, 0) is 52.2 Å². The average Bonchev–Trinajstić information content (AvgIpc) is 3.65. The number of fused-ring (bicyclic) bond motifs is 3. The zero-order valence-electron chi connectivity index (χ0n) is 23.2. The number of rotatable bonds is 4. The molecule has 0 fully saturated rings. The van der Waals surface area contributed by atoms with Gasteiger partial charge in [-0.3, -0.25) is 14.2 Å². The molecule has 0 unspecified atom stereocenters. The van der Waals surface area contributed by atoms with Gasteiger partial charge in [0.15, 0.2) is 22.9 Å². The molecule has 6 heteroatoms. The van der Waals surface area contributed by atoms with Crippen molar-refractivity contribution in [3.63, 3.8) is 0 Å². The summed E-state index contributed by atoms with van der Waals surface area (Å²) in [6.45, 7) is 0. The smallest absolute Gasteiger partial charge is 0.197 e. The second kappa shape index (κ2) is 9.60. The summed E-state index contributed by atoms with van der Waals surface area (Å²) in [6.07, 6.45) is 1.62. The molecule has 5 aromatic carbocycles. The largest absolute Gasteiger partial charge is 0.310 e. The number of Topliss-reactive ketones (excluding diaryl/α,β-unsaturated/α-hetero) is 2. The first-order valence-electron chi connectivity index (χ1n) is 14.1. The van der Waals surface area contributed by atoms with Crippen molar-refractivity contribution in [2.24, 2.45) is 7.05 Å². The number of ketones is 2. The Bertz CT molecular complexity index is 2200. The Labute approximate surface area is 247 Å². The Morgan fingerprint density at radius 1 is 0.581 bits per heavy atom. The maximum absolute atomic E-state index is 13.6. The number of aryl methyl sites for hydroxylation is 1. The fourth-order valence-electron chi connectivity index (χ4n) is 5.92. The number of aromatic nitrogens is 4. The van der Waals surface area contributed by atoms with Crippen LogP contribution in [0.15, 0.2) is 127 Å². The van der Waals surface area contributed by atoms with Crippen LogP contribution in [-0.2, 0) is 7.05 Å². The Balaban J connectivity index is 1.30. The van der Waals surface area contributed by atoms with Crippen molar-refractivity contribution in [1.82, 2.24) is 19.1 Å². The van der Waals surface area contributed by atoms with Crippen molar-refractivity contribution in [2.75, 3.05) is 0 Å². The maximum Gasteiger partial charge on any atom is 0.197 e. The van der Waals surface area contributed by atoms with Gasteiger partial charge in [0.25, 0.3) is 0 Å². The van der Waals surface area contributed by atoms with Crippen molar-refractivity contribution < 1.29 is 9.59 Å². The Kier molecular flexibility index (Phi) is 5.55. The molecule has 6 nitrogen and oxygen atoms in total. The van der Waals surface area contributed by atoms with E-state index in [0.717, 1.165) is 39.0 Å². The molecular weight excluding hydrogens is 532 g/mol. The van der Waals surface area contributed by atoms with E-state index >= 15 is 0 Å². The molecule has 8 rings (SSSR count). The third-order valence-electron chi connectivity index (χ3n) is 8.11. The Morgan fingerprint density at radius 3 is 1.72 bits per heavy atom. The number of carbonyl (C=O) groups is 2. The molecule has 204 valence electrons. The Hall–Kier alpha value is -5.88. The second-order valence-electron chi connectivity index (χ2n) is 10.7. The number of carbonyl (C=O) groups excluding carboxylic acids is 2. The van der Waals surface area contributed by atoms with E-state index in [1.807, 2.05) is 113 Å². The highest BCUT2D eigenvalue weighted by atomic mass is 16.2. The number of hydrogen-bond donors (Lipinski definition) is 0. The lowest BCUT2D eigenvalue weighted by Gasteiger charge is -2.08. The van der Waals surface area contributed by atoms with Gasteiger partial charge >= 0.3 is 0 Å².